The van der Waals surface area contributed by atoms with Crippen LogP contribution >= 0.6 is 11.8 Å². The Hall–Kier alpha value is -0.220. The third kappa shape index (κ3) is 5.48. The molecule has 0 aromatic carbocycles. The van der Waals surface area contributed by atoms with Crippen LogP contribution in [-0.4, -0.2) is 37.2 Å². The van der Waals surface area contributed by atoms with Crippen LogP contribution in [0.3, 0.4) is 0 Å². The van der Waals surface area contributed by atoms with Gasteiger partial charge in [0, 0.05) is 11.8 Å². The van der Waals surface area contributed by atoms with Gasteiger partial charge in [-0.15, -0.1) is 0 Å². The minimum absolute atomic E-state index is 0.0375. The third-order valence-electron chi connectivity index (χ3n) is 5.04. The maximum absolute atomic E-state index is 11.5. The van der Waals surface area contributed by atoms with Crippen molar-refractivity contribution in [3.05, 3.63) is 0 Å². The maximum Gasteiger partial charge on any atom is 0.306 e. The van der Waals surface area contributed by atoms with E-state index in [4.69, 9.17) is 4.74 Å². The Labute approximate surface area is 134 Å². The Balaban J connectivity index is 1.72. The summed E-state index contributed by atoms with van der Waals surface area (Å²) < 4.78 is 4.83. The first-order chi connectivity index (χ1) is 10.2. The molecule has 0 amide bonds. The van der Waals surface area contributed by atoms with Crippen LogP contribution in [0.15, 0.2) is 0 Å². The van der Waals surface area contributed by atoms with Crippen molar-refractivity contribution in [1.29, 1.82) is 0 Å². The molecule has 0 saturated heterocycles. The van der Waals surface area contributed by atoms with E-state index in [2.05, 4.69) is 24.0 Å². The van der Waals surface area contributed by atoms with E-state index in [1.54, 1.807) is 0 Å². The number of carbonyl (C=O) groups excluding carboxylic acids is 1. The summed E-state index contributed by atoms with van der Waals surface area (Å²) in [5.74, 6) is 3.16. The van der Waals surface area contributed by atoms with Gasteiger partial charge in [0.25, 0.3) is 0 Å². The molecule has 3 nitrogen and oxygen atoms in total. The van der Waals surface area contributed by atoms with E-state index >= 15 is 0 Å². The highest BCUT2D eigenvalue weighted by atomic mass is 32.2. The number of ether oxygens (including phenoxy) is 1. The largest absolute Gasteiger partial charge is 0.469 e. The lowest BCUT2D eigenvalue weighted by Crippen LogP contribution is -2.38. The fourth-order valence-electron chi connectivity index (χ4n) is 3.38. The lowest BCUT2D eigenvalue weighted by molar-refractivity contribution is -0.141. The second-order valence-corrected chi connectivity index (χ2v) is 7.90. The van der Waals surface area contributed by atoms with E-state index in [-0.39, 0.29) is 11.4 Å². The zero-order chi connectivity index (χ0) is 15.1. The fourth-order valence-corrected chi connectivity index (χ4v) is 4.97. The lowest BCUT2D eigenvalue weighted by atomic mass is 9.99. The Kier molecular flexibility index (Phi) is 6.87. The summed E-state index contributed by atoms with van der Waals surface area (Å²) in [5.41, 5.74) is 0.267. The first-order valence-electron chi connectivity index (χ1n) is 8.57. The van der Waals surface area contributed by atoms with Crippen LogP contribution in [0.5, 0.6) is 0 Å². The third-order valence-corrected chi connectivity index (χ3v) is 6.45. The molecule has 2 rings (SSSR count). The summed E-state index contributed by atoms with van der Waals surface area (Å²) in [6, 6.07) is 0.673. The Morgan fingerprint density at radius 3 is 2.67 bits per heavy atom. The van der Waals surface area contributed by atoms with Crippen LogP contribution in [0.25, 0.3) is 0 Å². The van der Waals surface area contributed by atoms with Crippen molar-refractivity contribution in [3.63, 3.8) is 0 Å². The summed E-state index contributed by atoms with van der Waals surface area (Å²) in [4.78, 5) is 11.5. The fraction of sp³-hybridized carbons (Fsp3) is 0.941. The van der Waals surface area contributed by atoms with Gasteiger partial charge in [0.15, 0.2) is 0 Å². The van der Waals surface area contributed by atoms with E-state index in [1.807, 2.05) is 0 Å². The number of esters is 1. The SMILES string of the molecule is CCCNC(CSCC1(CC(=O)OC)CC1)C1CCCC1. The molecule has 0 spiro atoms. The Bertz CT molecular complexity index is 325. The van der Waals surface area contributed by atoms with Crippen molar-refractivity contribution in [3.8, 4) is 0 Å². The molecule has 2 saturated carbocycles. The highest BCUT2D eigenvalue weighted by molar-refractivity contribution is 7.99. The van der Waals surface area contributed by atoms with Gasteiger partial charge in [0.1, 0.15) is 0 Å². The van der Waals surface area contributed by atoms with E-state index in [0.29, 0.717) is 12.5 Å². The molecule has 2 aliphatic rings. The van der Waals surface area contributed by atoms with Crippen molar-refractivity contribution < 1.29 is 9.53 Å². The minimum atomic E-state index is -0.0375. The van der Waals surface area contributed by atoms with Crippen LogP contribution in [0.4, 0.5) is 0 Å². The molecule has 0 bridgehead atoms. The van der Waals surface area contributed by atoms with Crippen molar-refractivity contribution in [1.82, 2.24) is 5.32 Å². The first kappa shape index (κ1) is 17.1. The molecule has 0 heterocycles. The van der Waals surface area contributed by atoms with Crippen LogP contribution in [0.1, 0.15) is 58.3 Å². The van der Waals surface area contributed by atoms with Crippen molar-refractivity contribution in [2.45, 2.75) is 64.3 Å². The molecule has 0 aromatic heterocycles. The van der Waals surface area contributed by atoms with E-state index < -0.39 is 0 Å². The number of nitrogens with one attached hydrogen (secondary N) is 1. The highest BCUT2D eigenvalue weighted by Gasteiger charge is 2.44. The summed E-state index contributed by atoms with van der Waals surface area (Å²) in [7, 11) is 1.50. The van der Waals surface area contributed by atoms with Crippen molar-refractivity contribution in [2.75, 3.05) is 25.2 Å². The zero-order valence-electron chi connectivity index (χ0n) is 13.7. The molecule has 1 atom stereocenters. The van der Waals surface area contributed by atoms with Gasteiger partial charge in [-0.3, -0.25) is 4.79 Å². The normalized spacial score (nSPS) is 22.2. The predicted octanol–water partition coefficient (Wildman–Crippen LogP) is 3.62. The molecule has 1 N–H and O–H groups in total. The molecular formula is C17H31NO2S. The lowest BCUT2D eigenvalue weighted by Gasteiger charge is -2.25. The number of hydrogen-bond donors (Lipinski definition) is 1. The van der Waals surface area contributed by atoms with Crippen molar-refractivity contribution in [2.24, 2.45) is 11.3 Å². The molecule has 2 fully saturated rings. The van der Waals surface area contributed by atoms with E-state index in [0.717, 1.165) is 18.2 Å². The summed E-state index contributed by atoms with van der Waals surface area (Å²) in [6.07, 6.45) is 9.84. The Morgan fingerprint density at radius 2 is 2.10 bits per heavy atom. The average Bonchev–Trinajstić information content (AvgIpc) is 3.03. The molecule has 0 radical (unpaired) electrons. The van der Waals surface area contributed by atoms with Crippen LogP contribution in [-0.2, 0) is 9.53 Å². The summed E-state index contributed by atoms with van der Waals surface area (Å²) in [5, 5.41) is 3.76. The van der Waals surface area contributed by atoms with Gasteiger partial charge in [0.05, 0.1) is 13.5 Å². The molecule has 2 aliphatic carbocycles. The van der Waals surface area contributed by atoms with E-state index in [1.165, 1.54) is 57.8 Å². The number of rotatable bonds is 10. The first-order valence-corrected chi connectivity index (χ1v) is 9.72. The van der Waals surface area contributed by atoms with Gasteiger partial charge < -0.3 is 10.1 Å². The van der Waals surface area contributed by atoms with E-state index in [9.17, 15) is 4.79 Å². The summed E-state index contributed by atoms with van der Waals surface area (Å²) >= 11 is 2.05. The number of carbonyl (C=O) groups is 1. The molecule has 21 heavy (non-hydrogen) atoms. The second-order valence-electron chi connectivity index (χ2n) is 6.87. The number of hydrogen-bond acceptors (Lipinski definition) is 4. The van der Waals surface area contributed by atoms with Crippen LogP contribution in [0, 0.1) is 11.3 Å². The highest BCUT2D eigenvalue weighted by Crippen LogP contribution is 2.51. The second kappa shape index (κ2) is 8.42. The van der Waals surface area contributed by atoms with Gasteiger partial charge in [-0.05, 0) is 55.7 Å². The average molecular weight is 314 g/mol. The monoisotopic (exact) mass is 313 g/mol. The number of methoxy groups -OCH3 is 1. The zero-order valence-corrected chi connectivity index (χ0v) is 14.5. The molecule has 1 unspecified atom stereocenters. The molecule has 0 aromatic rings. The molecular weight excluding hydrogens is 282 g/mol. The smallest absolute Gasteiger partial charge is 0.306 e. The predicted molar refractivity (Wildman–Crippen MR) is 89.7 cm³/mol. The van der Waals surface area contributed by atoms with Crippen LogP contribution < -0.4 is 5.32 Å². The standard InChI is InChI=1S/C17H31NO2S/c1-3-10-18-15(14-6-4-5-7-14)12-21-13-17(8-9-17)11-16(19)20-2/h14-15,18H,3-13H2,1-2H3. The number of thioether (sulfide) groups is 1. The molecule has 4 heteroatoms. The van der Waals surface area contributed by atoms with Crippen LogP contribution in [0.2, 0.25) is 0 Å². The molecule has 0 aliphatic heterocycles. The van der Waals surface area contributed by atoms with Gasteiger partial charge in [0.2, 0.25) is 0 Å². The Morgan fingerprint density at radius 1 is 1.38 bits per heavy atom. The summed E-state index contributed by atoms with van der Waals surface area (Å²) in [6.45, 7) is 3.37. The minimum Gasteiger partial charge on any atom is -0.469 e. The topological polar surface area (TPSA) is 38.3 Å². The molecule has 122 valence electrons. The quantitative estimate of drug-likeness (QED) is 0.625. The van der Waals surface area contributed by atoms with Gasteiger partial charge in [-0.2, -0.15) is 11.8 Å². The maximum atomic E-state index is 11.5. The van der Waals surface area contributed by atoms with Gasteiger partial charge in [-0.1, -0.05) is 19.8 Å². The van der Waals surface area contributed by atoms with Crippen molar-refractivity contribution >= 4 is 17.7 Å². The van der Waals surface area contributed by atoms with Gasteiger partial charge in [-0.25, -0.2) is 0 Å². The van der Waals surface area contributed by atoms with Gasteiger partial charge >= 0.3 is 5.97 Å².